The van der Waals surface area contributed by atoms with Crippen LogP contribution in [0.25, 0.3) is 0 Å². The Morgan fingerprint density at radius 3 is 2.62 bits per heavy atom. The summed E-state index contributed by atoms with van der Waals surface area (Å²) in [6, 6.07) is 0.361. The second-order valence-corrected chi connectivity index (χ2v) is 8.19. The maximum atomic E-state index is 12.7. The van der Waals surface area contributed by atoms with E-state index in [9.17, 15) is 4.79 Å². The number of rotatable bonds is 2. The zero-order valence-electron chi connectivity index (χ0n) is 14.3. The van der Waals surface area contributed by atoms with Gasteiger partial charge in [0.15, 0.2) is 0 Å². The van der Waals surface area contributed by atoms with E-state index in [0.717, 1.165) is 49.1 Å². The molecule has 4 rings (SSSR count). The maximum Gasteiger partial charge on any atom is 0.257 e. The Balaban J connectivity index is 1.54. The number of nitrogens with zero attached hydrogens (tertiary/aromatic N) is 4. The Morgan fingerprint density at radius 1 is 1.21 bits per heavy atom. The highest BCUT2D eigenvalue weighted by Crippen LogP contribution is 2.30. The normalized spacial score (nSPS) is 28.3. The van der Waals surface area contributed by atoms with E-state index in [1.807, 2.05) is 16.7 Å². The molecule has 0 bridgehead atoms. The number of thioether (sulfide) groups is 1. The van der Waals surface area contributed by atoms with Crippen LogP contribution in [0.1, 0.15) is 42.7 Å². The molecule has 0 radical (unpaired) electrons. The number of hydrogen-bond donors (Lipinski definition) is 0. The summed E-state index contributed by atoms with van der Waals surface area (Å²) >= 11 is 1.98. The topological polar surface area (TPSA) is 58.6 Å². The molecule has 0 aliphatic carbocycles. The van der Waals surface area contributed by atoms with Crippen molar-refractivity contribution < 1.29 is 9.53 Å². The number of aromatic nitrogens is 2. The van der Waals surface area contributed by atoms with Crippen LogP contribution >= 0.6 is 11.8 Å². The highest BCUT2D eigenvalue weighted by atomic mass is 32.2. The van der Waals surface area contributed by atoms with E-state index in [4.69, 9.17) is 9.72 Å². The molecule has 1 aromatic rings. The molecule has 4 heterocycles. The van der Waals surface area contributed by atoms with Crippen molar-refractivity contribution in [3.63, 3.8) is 0 Å². The Labute approximate surface area is 147 Å². The van der Waals surface area contributed by atoms with Crippen LogP contribution in [-0.4, -0.2) is 63.6 Å². The van der Waals surface area contributed by atoms with Crippen molar-refractivity contribution in [2.75, 3.05) is 29.5 Å². The number of anilines is 1. The first-order chi connectivity index (χ1) is 11.6. The monoisotopic (exact) mass is 348 g/mol. The van der Waals surface area contributed by atoms with E-state index >= 15 is 0 Å². The minimum absolute atomic E-state index is 0.108. The fourth-order valence-corrected chi connectivity index (χ4v) is 4.96. The maximum absolute atomic E-state index is 12.7. The van der Waals surface area contributed by atoms with Gasteiger partial charge in [-0.05, 0) is 38.2 Å². The van der Waals surface area contributed by atoms with Gasteiger partial charge >= 0.3 is 0 Å². The lowest BCUT2D eigenvalue weighted by atomic mass is 10.1. The highest BCUT2D eigenvalue weighted by Gasteiger charge is 2.35. The number of fused-ring (bicyclic) bond motifs is 1. The third-order valence-electron chi connectivity index (χ3n) is 5.00. The van der Waals surface area contributed by atoms with Crippen molar-refractivity contribution >= 4 is 23.6 Å². The van der Waals surface area contributed by atoms with Gasteiger partial charge in [-0.2, -0.15) is 11.8 Å². The molecule has 1 aromatic heterocycles. The second kappa shape index (κ2) is 6.52. The van der Waals surface area contributed by atoms with Crippen molar-refractivity contribution in [3.8, 4) is 0 Å². The smallest absolute Gasteiger partial charge is 0.257 e. The first-order valence-electron chi connectivity index (χ1n) is 8.77. The molecule has 0 saturated carbocycles. The zero-order chi connectivity index (χ0) is 16.7. The molecular weight excluding hydrogens is 324 g/mol. The van der Waals surface area contributed by atoms with Crippen LogP contribution in [0.4, 0.5) is 5.95 Å². The highest BCUT2D eigenvalue weighted by molar-refractivity contribution is 7.99. The summed E-state index contributed by atoms with van der Waals surface area (Å²) in [6.45, 7) is 6.36. The van der Waals surface area contributed by atoms with Crippen LogP contribution in [0.3, 0.4) is 0 Å². The summed E-state index contributed by atoms with van der Waals surface area (Å²) in [7, 11) is 0. The lowest BCUT2D eigenvalue weighted by Gasteiger charge is -2.35. The molecule has 130 valence electrons. The molecule has 2 atom stereocenters. The number of carbonyl (C=O) groups excluding carboxylic acids is 1. The average Bonchev–Trinajstić information content (AvgIpc) is 2.91. The van der Waals surface area contributed by atoms with Gasteiger partial charge in [0.25, 0.3) is 5.91 Å². The molecule has 0 aromatic carbocycles. The van der Waals surface area contributed by atoms with Crippen molar-refractivity contribution in [3.05, 3.63) is 17.5 Å². The number of hydrogen-bond acceptors (Lipinski definition) is 6. The molecule has 24 heavy (non-hydrogen) atoms. The fraction of sp³-hybridized carbons (Fsp3) is 0.706. The van der Waals surface area contributed by atoms with Gasteiger partial charge in [-0.15, -0.1) is 0 Å². The van der Waals surface area contributed by atoms with Crippen molar-refractivity contribution in [2.45, 2.75) is 51.5 Å². The van der Waals surface area contributed by atoms with Crippen LogP contribution in [0.2, 0.25) is 0 Å². The van der Waals surface area contributed by atoms with Crippen LogP contribution in [0.15, 0.2) is 6.20 Å². The molecule has 3 aliphatic heterocycles. The molecular formula is C17H24N4O2S. The molecule has 6 nitrogen and oxygen atoms in total. The minimum atomic E-state index is 0.108. The quantitative estimate of drug-likeness (QED) is 0.814. The van der Waals surface area contributed by atoms with E-state index in [-0.39, 0.29) is 18.1 Å². The van der Waals surface area contributed by atoms with Crippen LogP contribution in [-0.2, 0) is 11.3 Å². The van der Waals surface area contributed by atoms with Crippen LogP contribution < -0.4 is 4.90 Å². The largest absolute Gasteiger partial charge is 0.372 e. The van der Waals surface area contributed by atoms with Gasteiger partial charge in [-0.25, -0.2) is 9.97 Å². The fourth-order valence-electron chi connectivity index (χ4n) is 3.88. The number of ether oxygens (including phenoxy) is 1. The van der Waals surface area contributed by atoms with Gasteiger partial charge in [0, 0.05) is 25.3 Å². The standard InChI is InChI=1S/C17H24N4O2S/c1-11-8-20(9-12(2)23-11)17-18-7-14-15(19-17)10-21(16(14)22)13-3-5-24-6-4-13/h7,11-13H,3-6,8-10H2,1-2H3/t11-,12-/m1/s1. The molecule has 1 amide bonds. The van der Waals surface area contributed by atoms with E-state index < -0.39 is 0 Å². The average molecular weight is 348 g/mol. The van der Waals surface area contributed by atoms with Crippen LogP contribution in [0, 0.1) is 0 Å². The van der Waals surface area contributed by atoms with Crippen molar-refractivity contribution in [2.24, 2.45) is 0 Å². The second-order valence-electron chi connectivity index (χ2n) is 6.97. The predicted octanol–water partition coefficient (Wildman–Crippen LogP) is 1.94. The van der Waals surface area contributed by atoms with Gasteiger partial charge < -0.3 is 14.5 Å². The van der Waals surface area contributed by atoms with Gasteiger partial charge in [0.1, 0.15) is 0 Å². The Morgan fingerprint density at radius 2 is 1.92 bits per heavy atom. The number of carbonyl (C=O) groups is 1. The van der Waals surface area contributed by atoms with Gasteiger partial charge in [-0.1, -0.05) is 0 Å². The third-order valence-corrected chi connectivity index (χ3v) is 6.05. The van der Waals surface area contributed by atoms with E-state index in [1.165, 1.54) is 0 Å². The molecule has 0 spiro atoms. The van der Waals surface area contributed by atoms with Gasteiger partial charge in [0.05, 0.1) is 30.0 Å². The summed E-state index contributed by atoms with van der Waals surface area (Å²) in [6.07, 6.45) is 4.24. The third kappa shape index (κ3) is 2.99. The summed E-state index contributed by atoms with van der Waals surface area (Å²) in [5.74, 6) is 3.12. The summed E-state index contributed by atoms with van der Waals surface area (Å²) in [5.41, 5.74) is 1.57. The minimum Gasteiger partial charge on any atom is -0.372 e. The molecule has 7 heteroatoms. The van der Waals surface area contributed by atoms with E-state index in [1.54, 1.807) is 6.20 Å². The SMILES string of the molecule is C[C@@H]1CN(c2ncc3c(n2)CN(C2CCSCC2)C3=O)C[C@@H](C)O1. The van der Waals surface area contributed by atoms with Crippen LogP contribution in [0.5, 0.6) is 0 Å². The summed E-state index contributed by atoms with van der Waals surface area (Å²) < 4.78 is 5.78. The Bertz CT molecular complexity index is 625. The lowest BCUT2D eigenvalue weighted by molar-refractivity contribution is -0.00573. The first kappa shape index (κ1) is 16.1. The van der Waals surface area contributed by atoms with E-state index in [0.29, 0.717) is 18.2 Å². The predicted molar refractivity (Wildman–Crippen MR) is 94.5 cm³/mol. The molecule has 0 N–H and O–H groups in total. The Hall–Kier alpha value is -1.34. The molecule has 2 fully saturated rings. The molecule has 0 unspecified atom stereocenters. The Kier molecular flexibility index (Phi) is 4.39. The number of amides is 1. The summed E-state index contributed by atoms with van der Waals surface area (Å²) in [4.78, 5) is 26.1. The van der Waals surface area contributed by atoms with Crippen molar-refractivity contribution in [1.29, 1.82) is 0 Å². The first-order valence-corrected chi connectivity index (χ1v) is 9.92. The van der Waals surface area contributed by atoms with Gasteiger partial charge in [-0.3, -0.25) is 4.79 Å². The molecule has 2 saturated heterocycles. The lowest BCUT2D eigenvalue weighted by Crippen LogP contribution is -2.46. The van der Waals surface area contributed by atoms with E-state index in [2.05, 4.69) is 23.7 Å². The molecule has 3 aliphatic rings. The summed E-state index contributed by atoms with van der Waals surface area (Å²) in [5, 5.41) is 0. The van der Waals surface area contributed by atoms with Gasteiger partial charge in [0.2, 0.25) is 5.95 Å². The number of morpholine rings is 1. The van der Waals surface area contributed by atoms with Crippen molar-refractivity contribution in [1.82, 2.24) is 14.9 Å². The zero-order valence-corrected chi connectivity index (χ0v) is 15.1.